The summed E-state index contributed by atoms with van der Waals surface area (Å²) in [6.07, 6.45) is 6.07. The molecule has 106 valence electrons. The van der Waals surface area contributed by atoms with Crippen molar-refractivity contribution < 1.29 is 8.42 Å². The van der Waals surface area contributed by atoms with Gasteiger partial charge in [0.2, 0.25) is 0 Å². The quantitative estimate of drug-likeness (QED) is 0.838. The van der Waals surface area contributed by atoms with Gasteiger partial charge in [0, 0.05) is 36.9 Å². The first-order valence-electron chi connectivity index (χ1n) is 6.74. The van der Waals surface area contributed by atoms with Crippen LogP contribution in [-0.4, -0.2) is 55.6 Å². The first-order chi connectivity index (χ1) is 8.48. The van der Waals surface area contributed by atoms with Crippen LogP contribution < -0.4 is 5.73 Å². The molecule has 0 amide bonds. The van der Waals surface area contributed by atoms with Gasteiger partial charge in [-0.2, -0.15) is 11.8 Å². The van der Waals surface area contributed by atoms with Crippen LogP contribution in [0.5, 0.6) is 0 Å². The number of nitrogens with zero attached hydrogens (tertiary/aromatic N) is 1. The minimum atomic E-state index is -2.98. The molecule has 0 aromatic rings. The topological polar surface area (TPSA) is 63.4 Å². The van der Waals surface area contributed by atoms with Crippen LogP contribution in [0.4, 0.5) is 0 Å². The van der Waals surface area contributed by atoms with Gasteiger partial charge in [-0.15, -0.1) is 0 Å². The molecule has 3 atom stereocenters. The van der Waals surface area contributed by atoms with Crippen molar-refractivity contribution in [2.45, 2.75) is 37.1 Å². The molecule has 0 bridgehead atoms. The highest BCUT2D eigenvalue weighted by molar-refractivity contribution is 8.00. The van der Waals surface area contributed by atoms with E-state index >= 15 is 0 Å². The number of nitrogens with two attached hydrogens (primary N) is 1. The zero-order chi connectivity index (χ0) is 13.2. The van der Waals surface area contributed by atoms with E-state index in [2.05, 4.69) is 4.90 Å². The van der Waals surface area contributed by atoms with Gasteiger partial charge in [0.15, 0.2) is 9.84 Å². The molecule has 3 unspecified atom stereocenters. The van der Waals surface area contributed by atoms with Gasteiger partial charge in [0.25, 0.3) is 0 Å². The monoisotopic (exact) mass is 292 g/mol. The van der Waals surface area contributed by atoms with Crippen LogP contribution >= 0.6 is 11.8 Å². The second-order valence-electron chi connectivity index (χ2n) is 5.56. The van der Waals surface area contributed by atoms with E-state index in [0.717, 1.165) is 31.7 Å². The molecule has 0 spiro atoms. The minimum Gasteiger partial charge on any atom is -0.327 e. The second kappa shape index (κ2) is 6.11. The van der Waals surface area contributed by atoms with Crippen molar-refractivity contribution in [2.75, 3.05) is 30.9 Å². The Labute approximate surface area is 115 Å². The van der Waals surface area contributed by atoms with E-state index in [1.54, 1.807) is 11.8 Å². The summed E-state index contributed by atoms with van der Waals surface area (Å²) in [5.74, 6) is 2.22. The molecule has 2 rings (SSSR count). The molecule has 1 saturated heterocycles. The molecule has 0 aromatic carbocycles. The molecule has 2 N–H and O–H groups in total. The Bertz CT molecular complexity index is 372. The van der Waals surface area contributed by atoms with Crippen molar-refractivity contribution in [3.05, 3.63) is 0 Å². The molecular formula is C12H24N2O2S2. The highest BCUT2D eigenvalue weighted by Gasteiger charge is 2.34. The SMILES string of the molecule is CS(=O)(=O)C1CSCCN1CC1CCCCC1N. The molecule has 1 aliphatic heterocycles. The number of hydrogen-bond donors (Lipinski definition) is 1. The maximum Gasteiger partial charge on any atom is 0.164 e. The van der Waals surface area contributed by atoms with Gasteiger partial charge in [0.05, 0.1) is 0 Å². The van der Waals surface area contributed by atoms with Gasteiger partial charge in [-0.3, -0.25) is 4.90 Å². The fourth-order valence-electron chi connectivity index (χ4n) is 2.98. The highest BCUT2D eigenvalue weighted by atomic mass is 32.2. The van der Waals surface area contributed by atoms with Crippen LogP contribution in [0.1, 0.15) is 25.7 Å². The molecule has 1 heterocycles. The Morgan fingerprint density at radius 2 is 2.06 bits per heavy atom. The Morgan fingerprint density at radius 3 is 2.72 bits per heavy atom. The van der Waals surface area contributed by atoms with Gasteiger partial charge < -0.3 is 5.73 Å². The summed E-state index contributed by atoms with van der Waals surface area (Å²) < 4.78 is 23.7. The lowest BCUT2D eigenvalue weighted by atomic mass is 9.85. The molecule has 18 heavy (non-hydrogen) atoms. The van der Waals surface area contributed by atoms with E-state index in [-0.39, 0.29) is 11.4 Å². The van der Waals surface area contributed by atoms with Gasteiger partial charge in [-0.05, 0) is 18.8 Å². The zero-order valence-electron chi connectivity index (χ0n) is 11.0. The number of rotatable bonds is 3. The predicted octanol–water partition coefficient (Wildman–Crippen LogP) is 0.923. The summed E-state index contributed by atoms with van der Waals surface area (Å²) in [5.41, 5.74) is 6.17. The zero-order valence-corrected chi connectivity index (χ0v) is 12.7. The minimum absolute atomic E-state index is 0.258. The number of hydrogen-bond acceptors (Lipinski definition) is 5. The summed E-state index contributed by atoms with van der Waals surface area (Å²) in [5, 5.41) is -0.301. The van der Waals surface area contributed by atoms with E-state index < -0.39 is 9.84 Å². The van der Waals surface area contributed by atoms with Crippen molar-refractivity contribution in [2.24, 2.45) is 11.7 Å². The van der Waals surface area contributed by atoms with Crippen LogP contribution in [0.3, 0.4) is 0 Å². The third-order valence-corrected chi connectivity index (χ3v) is 6.81. The molecular weight excluding hydrogens is 268 g/mol. The smallest absolute Gasteiger partial charge is 0.164 e. The normalized spacial score (nSPS) is 35.6. The van der Waals surface area contributed by atoms with E-state index in [1.165, 1.54) is 19.1 Å². The summed E-state index contributed by atoms with van der Waals surface area (Å²) in [4.78, 5) is 2.15. The molecule has 0 aromatic heterocycles. The second-order valence-corrected chi connectivity index (χ2v) is 8.92. The Hall–Kier alpha value is 0.220. The van der Waals surface area contributed by atoms with Crippen molar-refractivity contribution in [3.63, 3.8) is 0 Å². The lowest BCUT2D eigenvalue weighted by Crippen LogP contribution is -2.51. The fourth-order valence-corrected chi connectivity index (χ4v) is 5.94. The third-order valence-electron chi connectivity index (χ3n) is 4.12. The van der Waals surface area contributed by atoms with E-state index in [0.29, 0.717) is 11.7 Å². The van der Waals surface area contributed by atoms with Crippen LogP contribution in [0.15, 0.2) is 0 Å². The molecule has 1 aliphatic carbocycles. The van der Waals surface area contributed by atoms with Gasteiger partial charge in [0.1, 0.15) is 5.37 Å². The average Bonchev–Trinajstić information content (AvgIpc) is 2.31. The standard InChI is InChI=1S/C12H24N2O2S2/c1-18(15,16)12-9-17-7-6-14(12)8-10-4-2-3-5-11(10)13/h10-12H,2-9,13H2,1H3. The average molecular weight is 292 g/mol. The molecule has 4 nitrogen and oxygen atoms in total. The van der Waals surface area contributed by atoms with Crippen LogP contribution in [0.2, 0.25) is 0 Å². The summed E-state index contributed by atoms with van der Waals surface area (Å²) in [7, 11) is -2.98. The lowest BCUT2D eigenvalue weighted by Gasteiger charge is -2.39. The lowest BCUT2D eigenvalue weighted by molar-refractivity contribution is 0.181. The van der Waals surface area contributed by atoms with Crippen molar-refractivity contribution in [1.29, 1.82) is 0 Å². The predicted molar refractivity (Wildman–Crippen MR) is 77.5 cm³/mol. The number of thioether (sulfide) groups is 1. The Morgan fingerprint density at radius 1 is 1.33 bits per heavy atom. The van der Waals surface area contributed by atoms with Crippen LogP contribution in [-0.2, 0) is 9.84 Å². The highest BCUT2D eigenvalue weighted by Crippen LogP contribution is 2.27. The molecule has 1 saturated carbocycles. The van der Waals surface area contributed by atoms with E-state index in [4.69, 9.17) is 5.73 Å². The maximum absolute atomic E-state index is 11.8. The fraction of sp³-hybridized carbons (Fsp3) is 1.00. The van der Waals surface area contributed by atoms with Crippen molar-refractivity contribution in [3.8, 4) is 0 Å². The first-order valence-corrected chi connectivity index (χ1v) is 9.85. The summed E-state index contributed by atoms with van der Waals surface area (Å²) in [6.45, 7) is 1.74. The molecule has 2 aliphatic rings. The van der Waals surface area contributed by atoms with Gasteiger partial charge >= 0.3 is 0 Å². The van der Waals surface area contributed by atoms with E-state index in [1.807, 2.05) is 0 Å². The first kappa shape index (κ1) is 14.6. The van der Waals surface area contributed by atoms with Crippen molar-refractivity contribution in [1.82, 2.24) is 4.90 Å². The molecule has 6 heteroatoms. The Kier molecular flexibility index (Phi) is 4.97. The van der Waals surface area contributed by atoms with E-state index in [9.17, 15) is 8.42 Å². The number of sulfone groups is 1. The molecule has 0 radical (unpaired) electrons. The Balaban J connectivity index is 2.01. The van der Waals surface area contributed by atoms with Crippen LogP contribution in [0.25, 0.3) is 0 Å². The largest absolute Gasteiger partial charge is 0.327 e. The van der Waals surface area contributed by atoms with Crippen molar-refractivity contribution >= 4 is 21.6 Å². The van der Waals surface area contributed by atoms with Gasteiger partial charge in [-0.25, -0.2) is 8.42 Å². The van der Waals surface area contributed by atoms with Gasteiger partial charge in [-0.1, -0.05) is 12.8 Å². The molecule has 2 fully saturated rings. The summed E-state index contributed by atoms with van der Waals surface area (Å²) >= 11 is 1.74. The third kappa shape index (κ3) is 3.62. The van der Waals surface area contributed by atoms with Crippen LogP contribution in [0, 0.1) is 5.92 Å². The summed E-state index contributed by atoms with van der Waals surface area (Å²) in [6, 6.07) is 0.258. The maximum atomic E-state index is 11.8.